The summed E-state index contributed by atoms with van der Waals surface area (Å²) in [5, 5.41) is 36.8. The largest absolute Gasteiger partial charge is 0.508 e. The van der Waals surface area contributed by atoms with Crippen LogP contribution in [0.5, 0.6) is 5.75 Å². The van der Waals surface area contributed by atoms with Crippen LogP contribution < -0.4 is 21.7 Å². The number of nitrogens with one attached hydrogen (secondary N) is 5. The second-order valence-corrected chi connectivity index (χ2v) is 10.4. The summed E-state index contributed by atoms with van der Waals surface area (Å²) in [5.74, 6) is -5.40. The number of carboxylic acid groups (broad SMARTS) is 2. The van der Waals surface area contributed by atoms with E-state index < -0.39 is 60.2 Å². The molecule has 0 radical (unpaired) electrons. The standard InChI is InChI=1S/C30H33N7O8/c31-21(10-17-13-33-22-4-2-1-3-20(17)22)27(41)35-24(12-26(39)40)29(43)36-23(11-18-14-32-15-34-18)28(42)37-25(30(44)45)9-16-5-7-19(38)8-6-16/h1-8,13-15,21,23-25,33,38H,9-12,31H2,(H,32,34)(H,35,41)(H,36,43)(H,37,42)(H,39,40)(H,44,45). The van der Waals surface area contributed by atoms with Crippen molar-refractivity contribution in [2.24, 2.45) is 5.73 Å². The number of hydrogen-bond donors (Lipinski definition) is 9. The van der Waals surface area contributed by atoms with Crippen LogP contribution in [-0.4, -0.2) is 84.1 Å². The van der Waals surface area contributed by atoms with E-state index >= 15 is 0 Å². The topological polar surface area (TPSA) is 253 Å². The number of imidazole rings is 1. The molecule has 0 bridgehead atoms. The number of amides is 3. The van der Waals surface area contributed by atoms with Gasteiger partial charge in [0.25, 0.3) is 0 Å². The number of aromatic nitrogens is 3. The number of aliphatic carboxylic acids is 2. The average molecular weight is 620 g/mol. The lowest BCUT2D eigenvalue weighted by Crippen LogP contribution is -2.58. The highest BCUT2D eigenvalue weighted by atomic mass is 16.4. The van der Waals surface area contributed by atoms with Gasteiger partial charge in [0.05, 0.1) is 18.8 Å². The number of carboxylic acids is 2. The van der Waals surface area contributed by atoms with Crippen LogP contribution >= 0.6 is 0 Å². The lowest BCUT2D eigenvalue weighted by atomic mass is 10.0. The lowest BCUT2D eigenvalue weighted by Gasteiger charge is -2.24. The van der Waals surface area contributed by atoms with Crippen molar-refractivity contribution < 1.29 is 39.3 Å². The fourth-order valence-electron chi connectivity index (χ4n) is 4.73. The minimum atomic E-state index is -1.60. The van der Waals surface area contributed by atoms with Gasteiger partial charge in [0, 0.05) is 41.8 Å². The maximum Gasteiger partial charge on any atom is 0.326 e. The van der Waals surface area contributed by atoms with Crippen LogP contribution in [0.2, 0.25) is 0 Å². The summed E-state index contributed by atoms with van der Waals surface area (Å²) in [6, 6.07) is 7.64. The SMILES string of the molecule is NC(Cc1c[nH]c2ccccc12)C(=O)NC(CC(=O)O)C(=O)NC(Cc1cnc[nH]1)C(=O)NC(Cc1ccc(O)cc1)C(=O)O. The summed E-state index contributed by atoms with van der Waals surface area (Å²) >= 11 is 0. The number of para-hydroxylation sites is 1. The molecule has 0 fully saturated rings. The van der Waals surface area contributed by atoms with E-state index in [1.54, 1.807) is 6.20 Å². The average Bonchev–Trinajstić information content (AvgIpc) is 3.67. The molecule has 15 nitrogen and oxygen atoms in total. The lowest BCUT2D eigenvalue weighted by molar-refractivity contribution is -0.143. The molecule has 0 aliphatic heterocycles. The molecule has 4 rings (SSSR count). The van der Waals surface area contributed by atoms with Crippen molar-refractivity contribution in [3.63, 3.8) is 0 Å². The summed E-state index contributed by atoms with van der Waals surface area (Å²) < 4.78 is 0. The van der Waals surface area contributed by atoms with Gasteiger partial charge in [-0.05, 0) is 35.7 Å². The summed E-state index contributed by atoms with van der Waals surface area (Å²) in [6.07, 6.45) is 3.46. The highest BCUT2D eigenvalue weighted by Gasteiger charge is 2.32. The van der Waals surface area contributed by atoms with Crippen molar-refractivity contribution in [2.75, 3.05) is 0 Å². The first-order valence-electron chi connectivity index (χ1n) is 13.9. The monoisotopic (exact) mass is 619 g/mol. The van der Waals surface area contributed by atoms with Gasteiger partial charge in [-0.25, -0.2) is 9.78 Å². The van der Waals surface area contributed by atoms with Gasteiger partial charge in [-0.2, -0.15) is 0 Å². The number of nitrogens with zero attached hydrogens (tertiary/aromatic N) is 1. The van der Waals surface area contributed by atoms with Gasteiger partial charge in [0.15, 0.2) is 0 Å². The van der Waals surface area contributed by atoms with Crippen LogP contribution in [0.1, 0.15) is 23.2 Å². The van der Waals surface area contributed by atoms with Crippen molar-refractivity contribution in [1.29, 1.82) is 0 Å². The molecule has 0 aliphatic rings. The van der Waals surface area contributed by atoms with E-state index in [9.17, 15) is 39.3 Å². The van der Waals surface area contributed by atoms with E-state index in [1.807, 2.05) is 24.3 Å². The van der Waals surface area contributed by atoms with Gasteiger partial charge < -0.3 is 47.0 Å². The minimum absolute atomic E-state index is 0.0149. The Kier molecular flexibility index (Phi) is 10.5. The molecule has 0 saturated carbocycles. The summed E-state index contributed by atoms with van der Waals surface area (Å²) in [7, 11) is 0. The highest BCUT2D eigenvalue weighted by molar-refractivity contribution is 5.96. The van der Waals surface area contributed by atoms with Gasteiger partial charge in [0.2, 0.25) is 17.7 Å². The first-order valence-corrected chi connectivity index (χ1v) is 13.9. The molecule has 2 aromatic heterocycles. The third kappa shape index (κ3) is 8.90. The first-order chi connectivity index (χ1) is 21.5. The predicted octanol–water partition coefficient (Wildman–Crippen LogP) is -0.0345. The van der Waals surface area contributed by atoms with Crippen molar-refractivity contribution in [3.8, 4) is 5.75 Å². The molecule has 4 unspecified atom stereocenters. The quantitative estimate of drug-likeness (QED) is 0.0858. The van der Waals surface area contributed by atoms with E-state index in [0.29, 0.717) is 11.3 Å². The Morgan fingerprint density at radius 3 is 2.13 bits per heavy atom. The molecular formula is C30H33N7O8. The van der Waals surface area contributed by atoms with Crippen LogP contribution in [-0.2, 0) is 43.2 Å². The number of phenols is 1. The second-order valence-electron chi connectivity index (χ2n) is 10.4. The maximum atomic E-state index is 13.3. The van der Waals surface area contributed by atoms with Crippen LogP contribution in [0.4, 0.5) is 0 Å². The van der Waals surface area contributed by atoms with E-state index in [2.05, 4.69) is 30.9 Å². The Hall–Kier alpha value is -5.70. The third-order valence-corrected chi connectivity index (χ3v) is 7.07. The van der Waals surface area contributed by atoms with Crippen LogP contribution in [0.25, 0.3) is 10.9 Å². The molecule has 10 N–H and O–H groups in total. The number of H-pyrrole nitrogens is 2. The van der Waals surface area contributed by atoms with Crippen LogP contribution in [0, 0.1) is 0 Å². The molecule has 4 aromatic rings. The smallest absolute Gasteiger partial charge is 0.326 e. The van der Waals surface area contributed by atoms with Crippen LogP contribution in [0.3, 0.4) is 0 Å². The highest BCUT2D eigenvalue weighted by Crippen LogP contribution is 2.19. The molecule has 15 heteroatoms. The van der Waals surface area contributed by atoms with Crippen molar-refractivity contribution in [3.05, 3.63) is 84.1 Å². The van der Waals surface area contributed by atoms with Crippen molar-refractivity contribution >= 4 is 40.6 Å². The molecule has 236 valence electrons. The van der Waals surface area contributed by atoms with Gasteiger partial charge >= 0.3 is 11.9 Å². The number of phenolic OH excluding ortho intramolecular Hbond substituents is 1. The second kappa shape index (κ2) is 14.7. The van der Waals surface area contributed by atoms with Gasteiger partial charge in [-0.1, -0.05) is 30.3 Å². The zero-order chi connectivity index (χ0) is 32.5. The third-order valence-electron chi connectivity index (χ3n) is 7.07. The number of nitrogens with two attached hydrogens (primary N) is 1. The zero-order valence-electron chi connectivity index (χ0n) is 23.9. The molecule has 2 heterocycles. The molecule has 4 atom stereocenters. The Morgan fingerprint density at radius 1 is 0.800 bits per heavy atom. The van der Waals surface area contributed by atoms with Crippen molar-refractivity contribution in [1.82, 2.24) is 30.9 Å². The van der Waals surface area contributed by atoms with Crippen molar-refractivity contribution in [2.45, 2.75) is 49.9 Å². The molecular weight excluding hydrogens is 586 g/mol. The Labute approximate surface area is 256 Å². The minimum Gasteiger partial charge on any atom is -0.508 e. The number of rotatable bonds is 15. The van der Waals surface area contributed by atoms with E-state index in [-0.39, 0.29) is 25.0 Å². The summed E-state index contributed by atoms with van der Waals surface area (Å²) in [5.41, 5.74) is 8.66. The Bertz CT molecular complexity index is 1650. The Balaban J connectivity index is 1.47. The van der Waals surface area contributed by atoms with E-state index in [1.165, 1.54) is 36.8 Å². The zero-order valence-corrected chi connectivity index (χ0v) is 23.9. The van der Waals surface area contributed by atoms with Crippen LogP contribution in [0.15, 0.2) is 67.3 Å². The number of carbonyl (C=O) groups excluding carboxylic acids is 3. The fourth-order valence-corrected chi connectivity index (χ4v) is 4.73. The van der Waals surface area contributed by atoms with E-state index in [4.69, 9.17) is 5.73 Å². The first kappa shape index (κ1) is 32.2. The fraction of sp³-hybridized carbons (Fsp3) is 0.267. The molecule has 45 heavy (non-hydrogen) atoms. The number of carbonyl (C=O) groups is 5. The maximum absolute atomic E-state index is 13.3. The number of benzene rings is 2. The number of aromatic hydroxyl groups is 1. The molecule has 0 saturated heterocycles. The van der Waals surface area contributed by atoms with Gasteiger partial charge in [-0.3, -0.25) is 19.2 Å². The van der Waals surface area contributed by atoms with Gasteiger partial charge in [0.1, 0.15) is 23.9 Å². The summed E-state index contributed by atoms with van der Waals surface area (Å²) in [4.78, 5) is 73.0. The number of fused-ring (bicyclic) bond motifs is 1. The van der Waals surface area contributed by atoms with E-state index in [0.717, 1.165) is 16.5 Å². The molecule has 2 aromatic carbocycles. The number of aromatic amines is 2. The normalized spacial score (nSPS) is 13.7. The number of hydrogen-bond acceptors (Lipinski definition) is 8. The molecule has 0 aliphatic carbocycles. The van der Waals surface area contributed by atoms with Gasteiger partial charge in [-0.15, -0.1) is 0 Å². The molecule has 3 amide bonds. The predicted molar refractivity (Wildman–Crippen MR) is 160 cm³/mol. The molecule has 0 spiro atoms. The Morgan fingerprint density at radius 2 is 1.47 bits per heavy atom. The summed E-state index contributed by atoms with van der Waals surface area (Å²) in [6.45, 7) is 0.